The van der Waals surface area contributed by atoms with Gasteiger partial charge in [-0.25, -0.2) is 18.4 Å². The van der Waals surface area contributed by atoms with Gasteiger partial charge in [0.05, 0.1) is 35.7 Å². The summed E-state index contributed by atoms with van der Waals surface area (Å²) in [6.07, 6.45) is 1.51. The molecule has 0 atom stereocenters. The zero-order valence-corrected chi connectivity index (χ0v) is 17.3. The summed E-state index contributed by atoms with van der Waals surface area (Å²) in [6.45, 7) is 0.169. The number of esters is 1. The van der Waals surface area contributed by atoms with E-state index in [0.29, 0.717) is 5.76 Å². The maximum absolute atomic E-state index is 12.6. The largest absolute Gasteiger partial charge is 0.467 e. The third-order valence-corrected chi connectivity index (χ3v) is 5.39. The van der Waals surface area contributed by atoms with Crippen molar-refractivity contribution in [1.29, 1.82) is 0 Å². The Kier molecular flexibility index (Phi) is 7.11. The predicted octanol–water partition coefficient (Wildman–Crippen LogP) is 3.52. The van der Waals surface area contributed by atoms with Crippen LogP contribution in [0.2, 0.25) is 5.02 Å². The molecule has 10 heteroatoms. The molecule has 30 heavy (non-hydrogen) atoms. The van der Waals surface area contributed by atoms with E-state index in [4.69, 9.17) is 30.6 Å². The second-order valence-electron chi connectivity index (χ2n) is 6.19. The molecule has 3 rings (SSSR count). The summed E-state index contributed by atoms with van der Waals surface area (Å²) < 4.78 is 39.3. The lowest BCUT2D eigenvalue weighted by atomic mass is 10.1. The second kappa shape index (κ2) is 9.77. The smallest absolute Gasteiger partial charge is 0.342 e. The molecule has 1 heterocycles. The number of furan rings is 1. The van der Waals surface area contributed by atoms with Crippen molar-refractivity contribution in [1.82, 2.24) is 0 Å². The van der Waals surface area contributed by atoms with Crippen LogP contribution in [0.15, 0.2) is 70.2 Å². The molecule has 0 spiro atoms. The molecular weight excluding hydrogens is 432 g/mol. The molecular formula is C20H19ClN2O6S. The van der Waals surface area contributed by atoms with Crippen LogP contribution in [-0.4, -0.2) is 21.2 Å². The first-order chi connectivity index (χ1) is 14.3. The number of halogens is 1. The number of sulfonamides is 1. The van der Waals surface area contributed by atoms with E-state index in [9.17, 15) is 13.2 Å². The van der Waals surface area contributed by atoms with Gasteiger partial charge in [0.1, 0.15) is 10.7 Å². The van der Waals surface area contributed by atoms with Gasteiger partial charge in [0.2, 0.25) is 10.0 Å². The summed E-state index contributed by atoms with van der Waals surface area (Å²) in [5.74, 6) is -0.196. The van der Waals surface area contributed by atoms with Gasteiger partial charge in [-0.1, -0.05) is 41.9 Å². The van der Waals surface area contributed by atoms with Gasteiger partial charge in [0.15, 0.2) is 6.79 Å². The fourth-order valence-electron chi connectivity index (χ4n) is 2.59. The van der Waals surface area contributed by atoms with Crippen LogP contribution in [0.1, 0.15) is 21.7 Å². The van der Waals surface area contributed by atoms with Crippen molar-refractivity contribution in [3.63, 3.8) is 0 Å². The highest BCUT2D eigenvalue weighted by molar-refractivity contribution is 7.89. The topological polar surface area (TPSA) is 121 Å². The van der Waals surface area contributed by atoms with Crippen molar-refractivity contribution < 1.29 is 27.1 Å². The van der Waals surface area contributed by atoms with Crippen LogP contribution in [0.25, 0.3) is 0 Å². The minimum Gasteiger partial charge on any atom is -0.467 e. The number of carbonyl (C=O) groups excluding carboxylic acids is 1. The summed E-state index contributed by atoms with van der Waals surface area (Å²) in [4.78, 5) is 12.2. The van der Waals surface area contributed by atoms with Gasteiger partial charge in [0.25, 0.3) is 0 Å². The van der Waals surface area contributed by atoms with Gasteiger partial charge in [-0.3, -0.25) is 0 Å². The first-order valence-electron chi connectivity index (χ1n) is 8.76. The standard InChI is InChI=1S/C20H19ClN2O6S/c21-17-10-18(23-11-15-7-4-8-28-15)16(9-19(17)30(22,25)26)20(24)29-13-27-12-14-5-2-1-3-6-14/h1-10,23H,11-13H2,(H2,22,25,26). The third-order valence-electron chi connectivity index (χ3n) is 4.02. The second-order valence-corrected chi connectivity index (χ2v) is 8.13. The number of rotatable bonds is 9. The van der Waals surface area contributed by atoms with E-state index in [0.717, 1.165) is 11.6 Å². The fourth-order valence-corrected chi connectivity index (χ4v) is 3.69. The molecule has 1 aromatic heterocycles. The molecule has 0 radical (unpaired) electrons. The Morgan fingerprint density at radius 1 is 1.13 bits per heavy atom. The number of nitrogens with one attached hydrogen (secondary N) is 1. The molecule has 0 bridgehead atoms. The SMILES string of the molecule is NS(=O)(=O)c1cc(C(=O)OCOCc2ccccc2)c(NCc2ccco2)cc1Cl. The molecule has 8 nitrogen and oxygen atoms in total. The Balaban J connectivity index is 1.74. The molecule has 3 N–H and O–H groups in total. The van der Waals surface area contributed by atoms with E-state index in [1.54, 1.807) is 12.1 Å². The van der Waals surface area contributed by atoms with Crippen molar-refractivity contribution in [3.8, 4) is 0 Å². The maximum atomic E-state index is 12.6. The molecule has 0 aliphatic carbocycles. The molecule has 0 saturated carbocycles. The summed E-state index contributed by atoms with van der Waals surface area (Å²) in [5, 5.41) is 8.04. The monoisotopic (exact) mass is 450 g/mol. The number of hydrogen-bond donors (Lipinski definition) is 2. The van der Waals surface area contributed by atoms with Crippen LogP contribution in [-0.2, 0) is 32.6 Å². The summed E-state index contributed by atoms with van der Waals surface area (Å²) in [7, 11) is -4.14. The number of benzene rings is 2. The normalized spacial score (nSPS) is 11.3. The Hall–Kier alpha value is -2.85. The van der Waals surface area contributed by atoms with Crippen LogP contribution in [0.3, 0.4) is 0 Å². The quantitative estimate of drug-likeness (QED) is 0.290. The van der Waals surface area contributed by atoms with E-state index in [-0.39, 0.29) is 41.1 Å². The van der Waals surface area contributed by atoms with Gasteiger partial charge < -0.3 is 19.2 Å². The number of hydrogen-bond acceptors (Lipinski definition) is 7. The molecule has 0 aliphatic rings. The Labute approximate surface area is 178 Å². The molecule has 0 fully saturated rings. The van der Waals surface area contributed by atoms with Crippen molar-refractivity contribution >= 4 is 33.3 Å². The van der Waals surface area contributed by atoms with Crippen LogP contribution in [0.5, 0.6) is 0 Å². The third kappa shape index (κ3) is 5.83. The fraction of sp³-hybridized carbons (Fsp3) is 0.150. The lowest BCUT2D eigenvalue weighted by Crippen LogP contribution is -2.17. The summed E-state index contributed by atoms with van der Waals surface area (Å²) in [5.41, 5.74) is 1.12. The minimum absolute atomic E-state index is 0.0571. The maximum Gasteiger partial charge on any atom is 0.342 e. The molecule has 2 aromatic carbocycles. The number of carbonyl (C=O) groups is 1. The Morgan fingerprint density at radius 2 is 1.90 bits per heavy atom. The lowest BCUT2D eigenvalue weighted by molar-refractivity contribution is -0.0380. The molecule has 3 aromatic rings. The van der Waals surface area contributed by atoms with E-state index in [1.165, 1.54) is 12.3 Å². The van der Waals surface area contributed by atoms with Gasteiger partial charge in [-0.2, -0.15) is 0 Å². The van der Waals surface area contributed by atoms with Crippen molar-refractivity contribution in [2.24, 2.45) is 5.14 Å². The van der Waals surface area contributed by atoms with Gasteiger partial charge >= 0.3 is 5.97 Å². The zero-order valence-electron chi connectivity index (χ0n) is 15.7. The molecule has 0 unspecified atom stereocenters. The first-order valence-corrected chi connectivity index (χ1v) is 10.7. The van der Waals surface area contributed by atoms with Crippen molar-refractivity contribution in [2.45, 2.75) is 18.0 Å². The molecule has 0 aliphatic heterocycles. The highest BCUT2D eigenvalue weighted by Gasteiger charge is 2.21. The van der Waals surface area contributed by atoms with Gasteiger partial charge in [-0.05, 0) is 29.8 Å². The minimum atomic E-state index is -4.14. The van der Waals surface area contributed by atoms with Gasteiger partial charge in [-0.15, -0.1) is 0 Å². The predicted molar refractivity (Wildman–Crippen MR) is 110 cm³/mol. The van der Waals surface area contributed by atoms with Crippen molar-refractivity contribution in [2.75, 3.05) is 12.1 Å². The number of nitrogens with two attached hydrogens (primary N) is 1. The van der Waals surface area contributed by atoms with Gasteiger partial charge in [0, 0.05) is 0 Å². The Morgan fingerprint density at radius 3 is 2.57 bits per heavy atom. The van der Waals surface area contributed by atoms with Crippen LogP contribution >= 0.6 is 11.6 Å². The van der Waals surface area contributed by atoms with E-state index in [2.05, 4.69) is 5.32 Å². The molecule has 158 valence electrons. The number of primary sulfonamides is 1. The summed E-state index contributed by atoms with van der Waals surface area (Å²) >= 11 is 6.05. The highest BCUT2D eigenvalue weighted by atomic mass is 35.5. The first kappa shape index (κ1) is 21.8. The summed E-state index contributed by atoms with van der Waals surface area (Å²) in [6, 6.07) is 15.2. The number of anilines is 1. The zero-order chi connectivity index (χ0) is 21.6. The lowest BCUT2D eigenvalue weighted by Gasteiger charge is -2.14. The van der Waals surface area contributed by atoms with E-state index < -0.39 is 16.0 Å². The Bertz CT molecular complexity index is 1100. The molecule has 0 amide bonds. The van der Waals surface area contributed by atoms with E-state index in [1.807, 2.05) is 30.3 Å². The van der Waals surface area contributed by atoms with E-state index >= 15 is 0 Å². The van der Waals surface area contributed by atoms with Crippen molar-refractivity contribution in [3.05, 3.63) is 82.8 Å². The molecule has 0 saturated heterocycles. The number of ether oxygens (including phenoxy) is 2. The highest BCUT2D eigenvalue weighted by Crippen LogP contribution is 2.29. The average molecular weight is 451 g/mol. The van der Waals surface area contributed by atoms with Crippen LogP contribution in [0.4, 0.5) is 5.69 Å². The van der Waals surface area contributed by atoms with Crippen LogP contribution < -0.4 is 10.5 Å². The average Bonchev–Trinajstić information content (AvgIpc) is 3.23. The van der Waals surface area contributed by atoms with Crippen LogP contribution in [0, 0.1) is 0 Å².